The van der Waals surface area contributed by atoms with Crippen molar-refractivity contribution in [1.82, 2.24) is 20.6 Å². The monoisotopic (exact) mass is 642 g/mol. The predicted molar refractivity (Wildman–Crippen MR) is 166 cm³/mol. The lowest BCUT2D eigenvalue weighted by Crippen LogP contribution is -2.50. The molecule has 3 aromatic rings. The zero-order valence-electron chi connectivity index (χ0n) is 25.3. The van der Waals surface area contributed by atoms with Crippen LogP contribution in [0.3, 0.4) is 0 Å². The smallest absolute Gasteiger partial charge is 0.276 e. The summed E-state index contributed by atoms with van der Waals surface area (Å²) in [6.45, 7) is 4.67. The third-order valence-electron chi connectivity index (χ3n) is 7.33. The molecule has 4 bridgehead atoms. The SMILES string of the molecule is CC(C)[C@H](NC(=O)[C@@H]1CCCN1)C(=O)N=[S@](C)(=O)Cc1cc2nc(c1)OCCCOc1cc(F)ccc1-c1cc(ncc1F)N2. The lowest BCUT2D eigenvalue weighted by atomic mass is 10.0. The average molecular weight is 643 g/mol. The maximum atomic E-state index is 14.9. The maximum absolute atomic E-state index is 14.9. The Morgan fingerprint density at radius 3 is 2.64 bits per heavy atom. The van der Waals surface area contributed by atoms with Gasteiger partial charge in [0.25, 0.3) is 5.91 Å². The summed E-state index contributed by atoms with van der Waals surface area (Å²) in [5.41, 5.74) is 1.02. The van der Waals surface area contributed by atoms with Crippen LogP contribution in [0.1, 0.15) is 38.7 Å². The van der Waals surface area contributed by atoms with E-state index in [9.17, 15) is 22.6 Å². The lowest BCUT2D eigenvalue weighted by Gasteiger charge is -2.21. The number of rotatable bonds is 6. The van der Waals surface area contributed by atoms with Gasteiger partial charge in [0.1, 0.15) is 35.1 Å². The van der Waals surface area contributed by atoms with Crippen molar-refractivity contribution in [2.45, 2.75) is 50.9 Å². The lowest BCUT2D eigenvalue weighted by molar-refractivity contribution is -0.129. The Morgan fingerprint density at radius 1 is 1.09 bits per heavy atom. The van der Waals surface area contributed by atoms with E-state index in [1.807, 2.05) is 0 Å². The molecule has 5 rings (SSSR count). The topological polar surface area (TPSA) is 144 Å². The molecule has 2 aromatic heterocycles. The van der Waals surface area contributed by atoms with Crippen molar-refractivity contribution in [3.05, 3.63) is 59.8 Å². The Bertz CT molecular complexity index is 1710. The minimum Gasteiger partial charge on any atom is -0.493 e. The molecule has 2 aliphatic rings. The average Bonchev–Trinajstić information content (AvgIpc) is 3.51. The van der Waals surface area contributed by atoms with E-state index in [-0.39, 0.29) is 65.7 Å². The van der Waals surface area contributed by atoms with E-state index in [2.05, 4.69) is 30.3 Å². The number of ether oxygens (including phenoxy) is 2. The maximum Gasteiger partial charge on any atom is 0.276 e. The fourth-order valence-electron chi connectivity index (χ4n) is 5.15. The summed E-state index contributed by atoms with van der Waals surface area (Å²) in [6.07, 6.45) is 4.38. The zero-order chi connectivity index (χ0) is 32.1. The highest BCUT2D eigenvalue weighted by molar-refractivity contribution is 7.92. The van der Waals surface area contributed by atoms with Crippen LogP contribution in [0.5, 0.6) is 11.6 Å². The second kappa shape index (κ2) is 13.9. The summed E-state index contributed by atoms with van der Waals surface area (Å²) in [5.74, 6) is -1.55. The van der Waals surface area contributed by atoms with E-state index in [4.69, 9.17) is 9.47 Å². The first kappa shape index (κ1) is 32.2. The van der Waals surface area contributed by atoms with Crippen LogP contribution in [-0.2, 0) is 25.1 Å². The van der Waals surface area contributed by atoms with E-state index in [0.29, 0.717) is 24.0 Å². The van der Waals surface area contributed by atoms with Crippen molar-refractivity contribution in [2.75, 3.05) is 31.3 Å². The number of benzene rings is 1. The van der Waals surface area contributed by atoms with Gasteiger partial charge in [0.05, 0.1) is 40.9 Å². The normalized spacial score (nSPS) is 18.2. The van der Waals surface area contributed by atoms with Crippen LogP contribution >= 0.6 is 0 Å². The number of hydrogen-bond donors (Lipinski definition) is 3. The second-order valence-electron chi connectivity index (χ2n) is 11.5. The molecule has 14 heteroatoms. The molecule has 1 saturated heterocycles. The molecular formula is C31H36F2N6O5S. The van der Waals surface area contributed by atoms with Gasteiger partial charge in [0.15, 0.2) is 0 Å². The van der Waals surface area contributed by atoms with Gasteiger partial charge in [-0.15, -0.1) is 0 Å². The highest BCUT2D eigenvalue weighted by Gasteiger charge is 2.30. The number of carbonyl (C=O) groups excluding carboxylic acids is 2. The first-order valence-electron chi connectivity index (χ1n) is 14.7. The quantitative estimate of drug-likeness (QED) is 0.358. The Labute approximate surface area is 260 Å². The van der Waals surface area contributed by atoms with Crippen molar-refractivity contribution in [3.8, 4) is 22.8 Å². The van der Waals surface area contributed by atoms with Crippen LogP contribution in [0.25, 0.3) is 11.1 Å². The molecular weight excluding hydrogens is 606 g/mol. The Hall–Kier alpha value is -4.17. The second-order valence-corrected chi connectivity index (χ2v) is 13.9. The number of amides is 2. The molecule has 3 N–H and O–H groups in total. The number of nitrogens with zero attached hydrogens (tertiary/aromatic N) is 3. The number of pyridine rings is 2. The number of hydrogen-bond acceptors (Lipinski definition) is 9. The summed E-state index contributed by atoms with van der Waals surface area (Å²) in [6, 6.07) is 7.25. The van der Waals surface area contributed by atoms with Crippen molar-refractivity contribution in [2.24, 2.45) is 10.3 Å². The Balaban J connectivity index is 1.42. The minimum atomic E-state index is -3.11. The molecule has 2 aliphatic heterocycles. The summed E-state index contributed by atoms with van der Waals surface area (Å²) >= 11 is 0. The van der Waals surface area contributed by atoms with Crippen molar-refractivity contribution < 1.29 is 32.1 Å². The zero-order valence-corrected chi connectivity index (χ0v) is 26.1. The van der Waals surface area contributed by atoms with Gasteiger partial charge in [-0.05, 0) is 55.1 Å². The van der Waals surface area contributed by atoms with Crippen LogP contribution < -0.4 is 25.4 Å². The van der Waals surface area contributed by atoms with Gasteiger partial charge in [-0.2, -0.15) is 9.35 Å². The van der Waals surface area contributed by atoms with Gasteiger partial charge in [-0.3, -0.25) is 9.59 Å². The highest BCUT2D eigenvalue weighted by Crippen LogP contribution is 2.34. The van der Waals surface area contributed by atoms with Crippen LogP contribution in [-0.4, -0.2) is 64.1 Å². The Kier molecular flexibility index (Phi) is 9.93. The molecule has 240 valence electrons. The predicted octanol–water partition coefficient (Wildman–Crippen LogP) is 4.34. The number of anilines is 2. The fraction of sp³-hybridized carbons (Fsp3) is 0.419. The molecule has 1 fully saturated rings. The number of carbonyl (C=O) groups is 2. The largest absolute Gasteiger partial charge is 0.493 e. The third-order valence-corrected chi connectivity index (χ3v) is 8.76. The summed E-state index contributed by atoms with van der Waals surface area (Å²) in [5, 5.41) is 8.91. The highest BCUT2D eigenvalue weighted by atomic mass is 32.2. The summed E-state index contributed by atoms with van der Waals surface area (Å²) in [7, 11) is -3.11. The van der Waals surface area contributed by atoms with Gasteiger partial charge < -0.3 is 25.4 Å². The van der Waals surface area contributed by atoms with E-state index in [1.54, 1.807) is 26.0 Å². The van der Waals surface area contributed by atoms with Gasteiger partial charge in [0.2, 0.25) is 11.8 Å². The number of aromatic nitrogens is 2. The molecule has 1 aromatic carbocycles. The Morgan fingerprint density at radius 2 is 1.89 bits per heavy atom. The molecule has 0 radical (unpaired) electrons. The van der Waals surface area contributed by atoms with Crippen LogP contribution in [0.2, 0.25) is 0 Å². The molecule has 0 spiro atoms. The molecule has 2 amide bonds. The number of halogens is 2. The van der Waals surface area contributed by atoms with Crippen LogP contribution in [0, 0.1) is 17.6 Å². The first-order chi connectivity index (χ1) is 21.5. The minimum absolute atomic E-state index is 0.112. The van der Waals surface area contributed by atoms with E-state index < -0.39 is 33.3 Å². The van der Waals surface area contributed by atoms with Crippen molar-refractivity contribution in [3.63, 3.8) is 0 Å². The summed E-state index contributed by atoms with van der Waals surface area (Å²) < 4.78 is 58.2. The molecule has 0 aliphatic carbocycles. The van der Waals surface area contributed by atoms with E-state index in [0.717, 1.165) is 19.2 Å². The standard InChI is InChI=1S/C31H36F2N6O5S/c1-18(2)29(38-30(40)24-6-4-9-34-24)31(41)39-45(3,42)17-19-12-27-36-26-15-22(23(33)16-35-26)21-8-7-20(32)14-25(21)43-10-5-11-44-28(13-19)37-27/h7-8,12-16,18,24,29,34H,4-6,9-11,17H2,1-3H3,(H,38,40)(H,35,36,37)/t24-,29-,45+/m0/s1. The van der Waals surface area contributed by atoms with Crippen LogP contribution in [0.4, 0.5) is 20.4 Å². The van der Waals surface area contributed by atoms with Gasteiger partial charge in [0, 0.05) is 35.9 Å². The third kappa shape index (κ3) is 8.31. The van der Waals surface area contributed by atoms with Crippen molar-refractivity contribution in [1.29, 1.82) is 0 Å². The molecule has 0 unspecified atom stereocenters. The molecule has 45 heavy (non-hydrogen) atoms. The van der Waals surface area contributed by atoms with Gasteiger partial charge in [-0.25, -0.2) is 18.0 Å². The van der Waals surface area contributed by atoms with Crippen molar-refractivity contribution >= 4 is 33.2 Å². The summed E-state index contributed by atoms with van der Waals surface area (Å²) in [4.78, 5) is 34.4. The van der Waals surface area contributed by atoms with E-state index in [1.165, 1.54) is 30.5 Å². The molecule has 11 nitrogen and oxygen atoms in total. The van der Waals surface area contributed by atoms with Gasteiger partial charge >= 0.3 is 0 Å². The fourth-order valence-corrected chi connectivity index (χ4v) is 6.49. The van der Waals surface area contributed by atoms with Gasteiger partial charge in [-0.1, -0.05) is 13.8 Å². The van der Waals surface area contributed by atoms with E-state index >= 15 is 0 Å². The van der Waals surface area contributed by atoms with Crippen LogP contribution in [0.15, 0.2) is 47.0 Å². The number of fused-ring (bicyclic) bond motifs is 6. The molecule has 0 saturated carbocycles. The molecule has 3 atom stereocenters. The first-order valence-corrected chi connectivity index (χ1v) is 16.8. The number of nitrogens with one attached hydrogen (secondary N) is 3. The molecule has 4 heterocycles.